The molecule has 1 N–H and O–H groups in total. The molecule has 6 nitrogen and oxygen atoms in total. The Labute approximate surface area is 285 Å². The molecule has 1 radical (unpaired) electrons. The smallest absolute Gasteiger partial charge is 0.455 e. The van der Waals surface area contributed by atoms with Crippen LogP contribution in [0.1, 0.15) is 21.5 Å². The van der Waals surface area contributed by atoms with Gasteiger partial charge in [-0.1, -0.05) is 48.5 Å². The normalized spacial score (nSPS) is 11.0. The van der Waals surface area contributed by atoms with Crippen molar-refractivity contribution < 1.29 is 72.4 Å². The van der Waals surface area contributed by atoms with E-state index in [0.29, 0.717) is 5.39 Å². The molecule has 0 saturated heterocycles. The van der Waals surface area contributed by atoms with Crippen molar-refractivity contribution in [1.29, 1.82) is 0 Å². The van der Waals surface area contributed by atoms with Crippen molar-refractivity contribution in [2.45, 2.75) is 20.0 Å². The topological polar surface area (TPSA) is 85.1 Å². The number of carbonyl (C=O) groups is 1. The first-order chi connectivity index (χ1) is 20.1. The number of rotatable bonds is 3. The SMILES string of the molecule is Cc1ccnc(-c2cc(C)ccn2)c1.O=C(c1c(O)c2ccc3ccccc3c2n(-c2ccccc2)c1=O)C(F)(F)F.[Eu]. The van der Waals surface area contributed by atoms with E-state index in [9.17, 15) is 27.9 Å². The van der Waals surface area contributed by atoms with E-state index >= 15 is 0 Å². The van der Waals surface area contributed by atoms with Crippen LogP contribution in [0, 0.1) is 63.2 Å². The fourth-order valence-corrected chi connectivity index (χ4v) is 4.66. The van der Waals surface area contributed by atoms with Crippen LogP contribution in [0.4, 0.5) is 13.2 Å². The van der Waals surface area contributed by atoms with Crippen LogP contribution in [-0.2, 0) is 0 Å². The third-order valence-electron chi connectivity index (χ3n) is 6.63. The number of halogens is 3. The number of pyridine rings is 3. The van der Waals surface area contributed by atoms with Gasteiger partial charge in [-0.2, -0.15) is 13.2 Å². The molecule has 0 atom stereocenters. The van der Waals surface area contributed by atoms with E-state index in [1.54, 1.807) is 60.7 Å². The molecule has 0 aliphatic carbocycles. The van der Waals surface area contributed by atoms with Gasteiger partial charge < -0.3 is 5.11 Å². The number of fused-ring (bicyclic) bond motifs is 3. The first kappa shape index (κ1) is 32.2. The molecule has 3 aromatic carbocycles. The predicted molar refractivity (Wildman–Crippen MR) is 156 cm³/mol. The molecule has 0 unspecified atom stereocenters. The molecule has 0 aliphatic heterocycles. The summed E-state index contributed by atoms with van der Waals surface area (Å²) in [5, 5.41) is 11.7. The molecule has 217 valence electrons. The molecule has 0 aliphatic rings. The summed E-state index contributed by atoms with van der Waals surface area (Å²) in [4.78, 5) is 33.5. The number of Topliss-reactive ketones (excluding diaryl/α,β-unsaturated/α-hetero) is 1. The number of ketones is 1. The van der Waals surface area contributed by atoms with E-state index in [1.165, 1.54) is 17.2 Å². The number of hydrogen-bond acceptors (Lipinski definition) is 5. The first-order valence-corrected chi connectivity index (χ1v) is 12.9. The summed E-state index contributed by atoms with van der Waals surface area (Å²) < 4.78 is 40.3. The molecule has 0 bridgehead atoms. The minimum Gasteiger partial charge on any atom is -0.506 e. The zero-order valence-electron chi connectivity index (χ0n) is 22.9. The van der Waals surface area contributed by atoms with Gasteiger partial charge in [-0.25, -0.2) is 0 Å². The van der Waals surface area contributed by atoms with E-state index in [1.807, 2.05) is 36.7 Å². The van der Waals surface area contributed by atoms with Crippen molar-refractivity contribution in [2.24, 2.45) is 0 Å². The van der Waals surface area contributed by atoms with Gasteiger partial charge in [0.1, 0.15) is 11.3 Å². The molecule has 6 rings (SSSR count). The van der Waals surface area contributed by atoms with E-state index in [-0.39, 0.29) is 66.0 Å². The van der Waals surface area contributed by atoms with E-state index < -0.39 is 28.8 Å². The summed E-state index contributed by atoms with van der Waals surface area (Å²) in [6.07, 6.45) is -1.67. The number of aromatic nitrogens is 3. The quantitative estimate of drug-likeness (QED) is 0.153. The van der Waals surface area contributed by atoms with Crippen molar-refractivity contribution in [3.8, 4) is 22.8 Å². The van der Waals surface area contributed by atoms with Crippen LogP contribution < -0.4 is 5.56 Å². The molecular weight excluding hydrogens is 695 g/mol. The van der Waals surface area contributed by atoms with Crippen molar-refractivity contribution >= 4 is 27.5 Å². The Morgan fingerprint density at radius 2 is 1.33 bits per heavy atom. The Balaban J connectivity index is 0.000000238. The molecule has 0 fully saturated rings. The zero-order chi connectivity index (χ0) is 30.0. The molecule has 3 aromatic heterocycles. The monoisotopic (exact) mass is 720 g/mol. The molecule has 0 saturated carbocycles. The Hall–Kier alpha value is -3.73. The standard InChI is InChI=1S/C21H12F3NO3.C12H12N2.Eu/c22-21(23,24)19(27)16-18(26)15-11-10-12-6-4-5-9-14(12)17(15)25(20(16)28)13-7-2-1-3-8-13;1-9-3-5-13-11(7-9)12-8-10(2)4-6-14-12;/h1-11,26H;3-8H,1-2H3;. The Kier molecular flexibility index (Phi) is 9.94. The van der Waals surface area contributed by atoms with Gasteiger partial charge in [0.25, 0.3) is 11.3 Å². The third kappa shape index (κ3) is 6.77. The number of para-hydroxylation sites is 1. The summed E-state index contributed by atoms with van der Waals surface area (Å²) in [6, 6.07) is 26.1. The van der Waals surface area contributed by atoms with Crippen LogP contribution in [-0.4, -0.2) is 31.6 Å². The van der Waals surface area contributed by atoms with Crippen LogP contribution in [0.15, 0.2) is 108 Å². The number of carbonyl (C=O) groups excluding carboxylic acids is 1. The van der Waals surface area contributed by atoms with Gasteiger partial charge in [0, 0.05) is 78.2 Å². The molecule has 0 amide bonds. The minimum atomic E-state index is -5.30. The molecule has 0 spiro atoms. The summed E-state index contributed by atoms with van der Waals surface area (Å²) in [6.45, 7) is 4.11. The molecule has 10 heteroatoms. The maximum atomic E-state index is 13.1. The van der Waals surface area contributed by atoms with Crippen molar-refractivity contribution in [3.05, 3.63) is 130 Å². The molecule has 43 heavy (non-hydrogen) atoms. The Bertz CT molecular complexity index is 1970. The average molecular weight is 720 g/mol. The number of aryl methyl sites for hydroxylation is 2. The van der Waals surface area contributed by atoms with Gasteiger partial charge in [0.2, 0.25) is 0 Å². The summed E-state index contributed by atoms with van der Waals surface area (Å²) in [5.74, 6) is -3.35. The average Bonchev–Trinajstić information content (AvgIpc) is 2.97. The van der Waals surface area contributed by atoms with Crippen LogP contribution in [0.25, 0.3) is 38.8 Å². The fourth-order valence-electron chi connectivity index (χ4n) is 4.66. The zero-order valence-corrected chi connectivity index (χ0v) is 25.4. The maximum Gasteiger partial charge on any atom is 0.455 e. The Morgan fingerprint density at radius 3 is 1.88 bits per heavy atom. The van der Waals surface area contributed by atoms with Gasteiger partial charge in [-0.15, -0.1) is 0 Å². The van der Waals surface area contributed by atoms with E-state index in [4.69, 9.17) is 0 Å². The van der Waals surface area contributed by atoms with E-state index in [0.717, 1.165) is 21.3 Å². The van der Waals surface area contributed by atoms with Crippen molar-refractivity contribution in [2.75, 3.05) is 0 Å². The number of alkyl halides is 3. The Morgan fingerprint density at radius 1 is 0.767 bits per heavy atom. The largest absolute Gasteiger partial charge is 0.506 e. The van der Waals surface area contributed by atoms with Crippen LogP contribution in [0.2, 0.25) is 0 Å². The van der Waals surface area contributed by atoms with Crippen LogP contribution in [0.5, 0.6) is 5.75 Å². The number of hydrogen-bond donors (Lipinski definition) is 1. The van der Waals surface area contributed by atoms with Crippen LogP contribution >= 0.6 is 0 Å². The van der Waals surface area contributed by atoms with Crippen molar-refractivity contribution in [3.63, 3.8) is 0 Å². The second kappa shape index (κ2) is 13.3. The fraction of sp³-hybridized carbons (Fsp3) is 0.0909. The van der Waals surface area contributed by atoms with Gasteiger partial charge >= 0.3 is 6.18 Å². The van der Waals surface area contributed by atoms with Crippen LogP contribution in [0.3, 0.4) is 0 Å². The molecule has 6 aromatic rings. The summed E-state index contributed by atoms with van der Waals surface area (Å²) in [5.41, 5.74) is 2.28. The van der Waals surface area contributed by atoms with Gasteiger partial charge in [0.05, 0.1) is 16.9 Å². The van der Waals surface area contributed by atoms with Gasteiger partial charge in [-0.05, 0) is 72.8 Å². The number of benzene rings is 3. The number of aromatic hydroxyl groups is 1. The van der Waals surface area contributed by atoms with Gasteiger partial charge in [0.15, 0.2) is 0 Å². The number of nitrogens with zero attached hydrogens (tertiary/aromatic N) is 3. The molecule has 3 heterocycles. The second-order valence-electron chi connectivity index (χ2n) is 9.65. The summed E-state index contributed by atoms with van der Waals surface area (Å²) in [7, 11) is 0. The molecular formula is C33H24EuF3N3O3. The first-order valence-electron chi connectivity index (χ1n) is 12.9. The predicted octanol–water partition coefficient (Wildman–Crippen LogP) is 7.35. The minimum absolute atomic E-state index is 0. The second-order valence-corrected chi connectivity index (χ2v) is 9.65. The third-order valence-corrected chi connectivity index (χ3v) is 6.63. The van der Waals surface area contributed by atoms with Crippen molar-refractivity contribution in [1.82, 2.24) is 14.5 Å². The van der Waals surface area contributed by atoms with Gasteiger partial charge in [-0.3, -0.25) is 24.1 Å². The summed E-state index contributed by atoms with van der Waals surface area (Å²) >= 11 is 0. The van der Waals surface area contributed by atoms with E-state index in [2.05, 4.69) is 23.8 Å². The maximum absolute atomic E-state index is 13.1.